The quantitative estimate of drug-likeness (QED) is 0.298. The first-order valence-electron chi connectivity index (χ1n) is 11.7. The molecule has 1 fully saturated rings. The van der Waals surface area contributed by atoms with Crippen molar-refractivity contribution >= 4 is 29.2 Å². The molecule has 1 saturated carbocycles. The Morgan fingerprint density at radius 1 is 1.03 bits per heavy atom. The van der Waals surface area contributed by atoms with Gasteiger partial charge in [0.2, 0.25) is 0 Å². The number of benzene rings is 3. The smallest absolute Gasteiger partial charge is 0.342 e. The number of anilines is 1. The molecule has 0 unspecified atom stereocenters. The molecule has 182 valence electrons. The average Bonchev–Trinajstić information content (AvgIpc) is 3.62. The van der Waals surface area contributed by atoms with E-state index in [1.165, 1.54) is 10.7 Å². The molecule has 0 radical (unpaired) electrons. The van der Waals surface area contributed by atoms with Crippen molar-refractivity contribution in [3.8, 4) is 17.0 Å². The number of hydrogen-bond donors (Lipinski definition) is 3. The van der Waals surface area contributed by atoms with E-state index >= 15 is 0 Å². The number of halogens is 1. The van der Waals surface area contributed by atoms with Gasteiger partial charge in [0, 0.05) is 40.4 Å². The molecule has 5 rings (SSSR count). The van der Waals surface area contributed by atoms with Crippen LogP contribution in [0.2, 0.25) is 5.02 Å². The highest BCUT2D eigenvalue weighted by Crippen LogP contribution is 2.42. The number of aryl methyl sites for hydroxylation is 1. The fourth-order valence-corrected chi connectivity index (χ4v) is 4.07. The Balaban J connectivity index is 1.33. The standard InChI is InChI=1S/C28H25ClN4O3/c1-17-2-4-18(5-3-17)16-30-28(36)33-25(19-6-7-19)15-24(32-33)23-13-12-22(14-26(23)34)31-27(35)20-8-10-21(29)11-9-20/h2-5,8-15,19,34H,6-7,16H2,1H3,(H,30,36)(H,31,35). The van der Waals surface area contributed by atoms with Gasteiger partial charge >= 0.3 is 6.03 Å². The summed E-state index contributed by atoms with van der Waals surface area (Å²) in [4.78, 5) is 25.5. The van der Waals surface area contributed by atoms with E-state index in [1.807, 2.05) is 37.3 Å². The predicted octanol–water partition coefficient (Wildman–Crippen LogP) is 6.11. The van der Waals surface area contributed by atoms with Gasteiger partial charge in [-0.15, -0.1) is 0 Å². The minimum Gasteiger partial charge on any atom is -0.507 e. The normalized spacial score (nSPS) is 12.8. The number of carbonyl (C=O) groups is 2. The van der Waals surface area contributed by atoms with Crippen LogP contribution in [0.3, 0.4) is 0 Å². The molecule has 1 aromatic heterocycles. The number of phenols is 1. The van der Waals surface area contributed by atoms with Crippen LogP contribution < -0.4 is 10.6 Å². The van der Waals surface area contributed by atoms with Gasteiger partial charge in [0.1, 0.15) is 5.75 Å². The molecule has 1 aliphatic carbocycles. The second kappa shape index (κ2) is 9.87. The van der Waals surface area contributed by atoms with Crippen molar-refractivity contribution in [2.45, 2.75) is 32.2 Å². The van der Waals surface area contributed by atoms with E-state index in [4.69, 9.17) is 11.6 Å². The Labute approximate surface area is 213 Å². The van der Waals surface area contributed by atoms with Gasteiger partial charge in [-0.3, -0.25) is 4.79 Å². The number of aromatic nitrogens is 2. The van der Waals surface area contributed by atoms with Crippen LogP contribution in [0.5, 0.6) is 5.75 Å². The third kappa shape index (κ3) is 5.26. The van der Waals surface area contributed by atoms with Crippen LogP contribution in [0.25, 0.3) is 11.3 Å². The molecular weight excluding hydrogens is 476 g/mol. The average molecular weight is 501 g/mol. The van der Waals surface area contributed by atoms with Crippen molar-refractivity contribution < 1.29 is 14.7 Å². The summed E-state index contributed by atoms with van der Waals surface area (Å²) in [6.45, 7) is 2.41. The summed E-state index contributed by atoms with van der Waals surface area (Å²) in [7, 11) is 0. The molecule has 8 heteroatoms. The molecule has 36 heavy (non-hydrogen) atoms. The molecule has 0 saturated heterocycles. The van der Waals surface area contributed by atoms with Crippen LogP contribution in [-0.2, 0) is 6.54 Å². The lowest BCUT2D eigenvalue weighted by Crippen LogP contribution is -2.30. The van der Waals surface area contributed by atoms with Crippen LogP contribution in [0, 0.1) is 6.92 Å². The number of amides is 2. The van der Waals surface area contributed by atoms with Gasteiger partial charge in [0.15, 0.2) is 0 Å². The Kier molecular flexibility index (Phi) is 6.48. The van der Waals surface area contributed by atoms with Gasteiger partial charge in [0.05, 0.1) is 11.4 Å². The van der Waals surface area contributed by atoms with Crippen molar-refractivity contribution in [1.29, 1.82) is 0 Å². The summed E-state index contributed by atoms with van der Waals surface area (Å²) < 4.78 is 1.40. The highest BCUT2D eigenvalue weighted by Gasteiger charge is 2.30. The first kappa shape index (κ1) is 23.6. The predicted molar refractivity (Wildman–Crippen MR) is 140 cm³/mol. The third-order valence-electron chi connectivity index (χ3n) is 6.13. The van der Waals surface area contributed by atoms with Gasteiger partial charge < -0.3 is 15.7 Å². The lowest BCUT2D eigenvalue weighted by atomic mass is 10.1. The zero-order chi connectivity index (χ0) is 25.2. The molecule has 0 bridgehead atoms. The van der Waals surface area contributed by atoms with Gasteiger partial charge in [-0.2, -0.15) is 9.78 Å². The lowest BCUT2D eigenvalue weighted by Gasteiger charge is -2.09. The van der Waals surface area contributed by atoms with Crippen molar-refractivity contribution in [2.24, 2.45) is 0 Å². The molecule has 4 aromatic rings. The van der Waals surface area contributed by atoms with Gasteiger partial charge in [-0.1, -0.05) is 41.4 Å². The summed E-state index contributed by atoms with van der Waals surface area (Å²) in [6.07, 6.45) is 2.00. The number of rotatable bonds is 6. The summed E-state index contributed by atoms with van der Waals surface area (Å²) in [5.74, 6) is -0.0863. The summed E-state index contributed by atoms with van der Waals surface area (Å²) in [6, 6.07) is 20.9. The molecule has 7 nitrogen and oxygen atoms in total. The van der Waals surface area contributed by atoms with E-state index in [9.17, 15) is 14.7 Å². The van der Waals surface area contributed by atoms with E-state index in [0.717, 1.165) is 29.7 Å². The Hall–Kier alpha value is -4.10. The second-order valence-electron chi connectivity index (χ2n) is 8.98. The van der Waals surface area contributed by atoms with Crippen molar-refractivity contribution in [1.82, 2.24) is 15.1 Å². The van der Waals surface area contributed by atoms with E-state index in [2.05, 4.69) is 15.7 Å². The Bertz CT molecular complexity index is 1420. The fourth-order valence-electron chi connectivity index (χ4n) is 3.95. The maximum Gasteiger partial charge on any atom is 0.342 e. The molecule has 2 amide bonds. The van der Waals surface area contributed by atoms with Crippen LogP contribution >= 0.6 is 11.6 Å². The van der Waals surface area contributed by atoms with Crippen LogP contribution in [0.4, 0.5) is 10.5 Å². The zero-order valence-electron chi connectivity index (χ0n) is 19.7. The minimum atomic E-state index is -0.315. The summed E-state index contributed by atoms with van der Waals surface area (Å²) in [5.41, 5.74) is 4.85. The SMILES string of the molecule is Cc1ccc(CNC(=O)n2nc(-c3ccc(NC(=O)c4ccc(Cl)cc4)cc3O)cc2C2CC2)cc1. The molecule has 3 aromatic carbocycles. The lowest BCUT2D eigenvalue weighted by molar-refractivity contribution is 0.102. The summed E-state index contributed by atoms with van der Waals surface area (Å²) >= 11 is 5.88. The van der Waals surface area contributed by atoms with Gasteiger partial charge in [-0.25, -0.2) is 4.79 Å². The number of nitrogens with zero attached hydrogens (tertiary/aromatic N) is 2. The topological polar surface area (TPSA) is 96.3 Å². The molecule has 0 aliphatic heterocycles. The zero-order valence-corrected chi connectivity index (χ0v) is 20.4. The number of carbonyl (C=O) groups excluding carboxylic acids is 2. The monoisotopic (exact) mass is 500 g/mol. The highest BCUT2D eigenvalue weighted by atomic mass is 35.5. The van der Waals surface area contributed by atoms with Gasteiger partial charge in [0.25, 0.3) is 5.91 Å². The van der Waals surface area contributed by atoms with Crippen LogP contribution in [0.1, 0.15) is 45.9 Å². The third-order valence-corrected chi connectivity index (χ3v) is 6.38. The number of aromatic hydroxyl groups is 1. The van der Waals surface area contributed by atoms with E-state index in [1.54, 1.807) is 36.4 Å². The first-order chi connectivity index (χ1) is 17.4. The minimum absolute atomic E-state index is 0.0454. The molecule has 0 spiro atoms. The van der Waals surface area contributed by atoms with E-state index in [-0.39, 0.29) is 23.6 Å². The Morgan fingerprint density at radius 3 is 2.42 bits per heavy atom. The summed E-state index contributed by atoms with van der Waals surface area (Å²) in [5, 5.41) is 21.5. The van der Waals surface area contributed by atoms with Crippen LogP contribution in [0.15, 0.2) is 72.8 Å². The molecule has 1 aliphatic rings. The number of phenolic OH excluding ortho intramolecular Hbond substituents is 1. The molecule has 1 heterocycles. The van der Waals surface area contributed by atoms with Crippen molar-refractivity contribution in [3.63, 3.8) is 0 Å². The van der Waals surface area contributed by atoms with Crippen molar-refractivity contribution in [2.75, 3.05) is 5.32 Å². The van der Waals surface area contributed by atoms with E-state index in [0.29, 0.717) is 34.1 Å². The first-order valence-corrected chi connectivity index (χ1v) is 12.1. The molecule has 3 N–H and O–H groups in total. The van der Waals surface area contributed by atoms with Crippen molar-refractivity contribution in [3.05, 3.63) is 100 Å². The maximum absolute atomic E-state index is 13.0. The largest absolute Gasteiger partial charge is 0.507 e. The molecule has 0 atom stereocenters. The number of hydrogen-bond acceptors (Lipinski definition) is 4. The second-order valence-corrected chi connectivity index (χ2v) is 9.41. The molecular formula is C28H25ClN4O3. The van der Waals surface area contributed by atoms with Gasteiger partial charge in [-0.05, 0) is 67.8 Å². The number of nitrogens with one attached hydrogen (secondary N) is 2. The fraction of sp³-hybridized carbons (Fsp3) is 0.179. The van der Waals surface area contributed by atoms with E-state index < -0.39 is 0 Å². The highest BCUT2D eigenvalue weighted by molar-refractivity contribution is 6.30. The Morgan fingerprint density at radius 2 is 1.75 bits per heavy atom. The van der Waals surface area contributed by atoms with Crippen LogP contribution in [-0.4, -0.2) is 26.8 Å². The maximum atomic E-state index is 13.0.